The highest BCUT2D eigenvalue weighted by atomic mass is 19.4. The second-order valence-electron chi connectivity index (χ2n) is 4.53. The molecule has 1 heterocycles. The number of aliphatic hydroxyl groups is 1. The van der Waals surface area contributed by atoms with Gasteiger partial charge < -0.3 is 10.4 Å². The van der Waals surface area contributed by atoms with Crippen molar-refractivity contribution in [1.29, 1.82) is 0 Å². The zero-order valence-corrected chi connectivity index (χ0v) is 11.1. The molecule has 1 rings (SSSR count). The largest absolute Gasteiger partial charge is 0.418 e. The van der Waals surface area contributed by atoms with E-state index in [-0.39, 0.29) is 18.8 Å². The first-order valence-corrected chi connectivity index (χ1v) is 6.26. The van der Waals surface area contributed by atoms with Crippen molar-refractivity contribution < 1.29 is 18.3 Å². The van der Waals surface area contributed by atoms with E-state index in [4.69, 9.17) is 0 Å². The van der Waals surface area contributed by atoms with Gasteiger partial charge >= 0.3 is 6.18 Å². The Bertz CT molecular complexity index is 403. The Kier molecular flexibility index (Phi) is 5.31. The van der Waals surface area contributed by atoms with Crippen LogP contribution in [-0.4, -0.2) is 22.2 Å². The summed E-state index contributed by atoms with van der Waals surface area (Å²) in [6.45, 7) is 3.91. The summed E-state index contributed by atoms with van der Waals surface area (Å²) < 4.78 is 38.2. The third-order valence-corrected chi connectivity index (χ3v) is 3.26. The maximum atomic E-state index is 12.7. The molecule has 1 aromatic heterocycles. The van der Waals surface area contributed by atoms with Gasteiger partial charge in [0.25, 0.3) is 0 Å². The molecule has 19 heavy (non-hydrogen) atoms. The molecule has 0 saturated carbocycles. The van der Waals surface area contributed by atoms with Crippen LogP contribution in [0.3, 0.4) is 0 Å². The molecule has 6 heteroatoms. The fraction of sp³-hybridized carbons (Fsp3) is 0.615. The average Bonchev–Trinajstić information content (AvgIpc) is 2.38. The van der Waals surface area contributed by atoms with E-state index in [1.165, 1.54) is 12.3 Å². The minimum atomic E-state index is -4.41. The predicted molar refractivity (Wildman–Crippen MR) is 66.5 cm³/mol. The standard InChI is InChI=1S/C13H19F3N2O/c1-3-12(19,4-2)9-17-8-11-10(13(14,15)16)6-5-7-18-11/h5-7,17,19H,3-4,8-9H2,1-2H3. The molecular weight excluding hydrogens is 257 g/mol. The van der Waals surface area contributed by atoms with E-state index in [1.807, 2.05) is 13.8 Å². The zero-order chi connectivity index (χ0) is 14.5. The number of hydrogen-bond acceptors (Lipinski definition) is 3. The van der Waals surface area contributed by atoms with Gasteiger partial charge in [0, 0.05) is 19.3 Å². The number of nitrogens with one attached hydrogen (secondary N) is 1. The van der Waals surface area contributed by atoms with Gasteiger partial charge in [0.15, 0.2) is 0 Å². The molecule has 0 aliphatic rings. The number of hydrogen-bond donors (Lipinski definition) is 2. The van der Waals surface area contributed by atoms with Crippen molar-refractivity contribution in [3.63, 3.8) is 0 Å². The summed E-state index contributed by atoms with van der Waals surface area (Å²) in [6, 6.07) is 2.27. The van der Waals surface area contributed by atoms with Crippen molar-refractivity contribution in [3.8, 4) is 0 Å². The van der Waals surface area contributed by atoms with E-state index in [9.17, 15) is 18.3 Å². The summed E-state index contributed by atoms with van der Waals surface area (Å²) in [5, 5.41) is 12.9. The molecule has 0 spiro atoms. The molecule has 2 N–H and O–H groups in total. The van der Waals surface area contributed by atoms with Gasteiger partial charge in [-0.1, -0.05) is 13.8 Å². The molecule has 0 aliphatic carbocycles. The van der Waals surface area contributed by atoms with Crippen LogP contribution in [-0.2, 0) is 12.7 Å². The van der Waals surface area contributed by atoms with Gasteiger partial charge in [-0.15, -0.1) is 0 Å². The Hall–Kier alpha value is -1.14. The number of rotatable bonds is 6. The monoisotopic (exact) mass is 276 g/mol. The van der Waals surface area contributed by atoms with Gasteiger partial charge in [-0.2, -0.15) is 13.2 Å². The Balaban J connectivity index is 2.69. The van der Waals surface area contributed by atoms with Crippen molar-refractivity contribution >= 4 is 0 Å². The highest BCUT2D eigenvalue weighted by Crippen LogP contribution is 2.30. The summed E-state index contributed by atoms with van der Waals surface area (Å²) >= 11 is 0. The van der Waals surface area contributed by atoms with Crippen LogP contribution < -0.4 is 5.32 Å². The molecule has 0 saturated heterocycles. The lowest BCUT2D eigenvalue weighted by Gasteiger charge is -2.25. The summed E-state index contributed by atoms with van der Waals surface area (Å²) in [7, 11) is 0. The number of nitrogens with zero attached hydrogens (tertiary/aromatic N) is 1. The van der Waals surface area contributed by atoms with E-state index in [2.05, 4.69) is 10.3 Å². The van der Waals surface area contributed by atoms with Crippen LogP contribution in [0.25, 0.3) is 0 Å². The van der Waals surface area contributed by atoms with Crippen molar-refractivity contribution in [3.05, 3.63) is 29.6 Å². The van der Waals surface area contributed by atoms with Crippen LogP contribution in [0.15, 0.2) is 18.3 Å². The van der Waals surface area contributed by atoms with Gasteiger partial charge in [0.2, 0.25) is 0 Å². The highest BCUT2D eigenvalue weighted by molar-refractivity contribution is 5.22. The van der Waals surface area contributed by atoms with E-state index in [0.717, 1.165) is 6.07 Å². The molecule has 108 valence electrons. The third kappa shape index (κ3) is 4.47. The predicted octanol–water partition coefficient (Wildman–Crippen LogP) is 2.74. The Morgan fingerprint density at radius 2 is 1.89 bits per heavy atom. The smallest absolute Gasteiger partial charge is 0.389 e. The lowest BCUT2D eigenvalue weighted by atomic mass is 9.97. The van der Waals surface area contributed by atoms with E-state index < -0.39 is 17.3 Å². The summed E-state index contributed by atoms with van der Waals surface area (Å²) in [5.41, 5.74) is -1.67. The maximum Gasteiger partial charge on any atom is 0.418 e. The lowest BCUT2D eigenvalue weighted by Crippen LogP contribution is -2.39. The summed E-state index contributed by atoms with van der Waals surface area (Å²) in [5.74, 6) is 0. The Labute approximate surface area is 110 Å². The van der Waals surface area contributed by atoms with Gasteiger partial charge in [-0.05, 0) is 25.0 Å². The van der Waals surface area contributed by atoms with Gasteiger partial charge in [0.1, 0.15) is 0 Å². The third-order valence-electron chi connectivity index (χ3n) is 3.26. The minimum Gasteiger partial charge on any atom is -0.389 e. The van der Waals surface area contributed by atoms with Crippen LogP contribution in [0, 0.1) is 0 Å². The topological polar surface area (TPSA) is 45.1 Å². The molecule has 0 unspecified atom stereocenters. The van der Waals surface area contributed by atoms with Gasteiger partial charge in [-0.25, -0.2) is 0 Å². The van der Waals surface area contributed by atoms with Crippen molar-refractivity contribution in [1.82, 2.24) is 10.3 Å². The minimum absolute atomic E-state index is 0.0159. The van der Waals surface area contributed by atoms with Crippen molar-refractivity contribution in [2.45, 2.75) is 45.0 Å². The molecule has 3 nitrogen and oxygen atoms in total. The first-order chi connectivity index (χ1) is 8.82. The quantitative estimate of drug-likeness (QED) is 0.839. The number of alkyl halides is 3. The van der Waals surface area contributed by atoms with Crippen LogP contribution in [0.4, 0.5) is 13.2 Å². The summed E-state index contributed by atoms with van der Waals surface area (Å²) in [4.78, 5) is 3.75. The fourth-order valence-electron chi connectivity index (χ4n) is 1.75. The molecule has 0 atom stereocenters. The highest BCUT2D eigenvalue weighted by Gasteiger charge is 2.33. The van der Waals surface area contributed by atoms with Crippen molar-refractivity contribution in [2.24, 2.45) is 0 Å². The van der Waals surface area contributed by atoms with Crippen molar-refractivity contribution in [2.75, 3.05) is 6.54 Å². The normalized spacial score (nSPS) is 12.7. The SMILES string of the molecule is CCC(O)(CC)CNCc1ncccc1C(F)(F)F. The van der Waals surface area contributed by atoms with Crippen LogP contribution >= 0.6 is 0 Å². The van der Waals surface area contributed by atoms with E-state index in [0.29, 0.717) is 12.8 Å². The molecule has 0 bridgehead atoms. The first kappa shape index (κ1) is 15.9. The number of pyridine rings is 1. The lowest BCUT2D eigenvalue weighted by molar-refractivity contribution is -0.138. The Morgan fingerprint density at radius 3 is 2.42 bits per heavy atom. The molecule has 0 radical (unpaired) electrons. The fourth-order valence-corrected chi connectivity index (χ4v) is 1.75. The van der Waals surface area contributed by atoms with E-state index >= 15 is 0 Å². The Morgan fingerprint density at radius 1 is 1.26 bits per heavy atom. The molecule has 0 aromatic carbocycles. The second-order valence-corrected chi connectivity index (χ2v) is 4.53. The average molecular weight is 276 g/mol. The first-order valence-electron chi connectivity index (χ1n) is 6.26. The molecular formula is C13H19F3N2O. The molecule has 0 amide bonds. The second kappa shape index (κ2) is 6.34. The number of aromatic nitrogens is 1. The van der Waals surface area contributed by atoms with Crippen LogP contribution in [0.5, 0.6) is 0 Å². The summed E-state index contributed by atoms with van der Waals surface area (Å²) in [6.07, 6.45) is -1.98. The molecule has 0 fully saturated rings. The van der Waals surface area contributed by atoms with E-state index in [1.54, 1.807) is 0 Å². The maximum absolute atomic E-state index is 12.7. The number of halogens is 3. The van der Waals surface area contributed by atoms with Gasteiger partial charge in [0.05, 0.1) is 16.9 Å². The molecule has 1 aromatic rings. The molecule has 0 aliphatic heterocycles. The van der Waals surface area contributed by atoms with Gasteiger partial charge in [-0.3, -0.25) is 4.98 Å². The zero-order valence-electron chi connectivity index (χ0n) is 11.1. The van der Waals surface area contributed by atoms with Crippen LogP contribution in [0.2, 0.25) is 0 Å². The van der Waals surface area contributed by atoms with Crippen LogP contribution in [0.1, 0.15) is 37.9 Å².